The number of rotatable bonds is 4. The Balaban J connectivity index is 1.41. The number of fused-ring (bicyclic) bond motifs is 1. The van der Waals surface area contributed by atoms with Crippen LogP contribution in [0.1, 0.15) is 29.9 Å². The Morgan fingerprint density at radius 2 is 1.78 bits per heavy atom. The average molecular weight is 430 g/mol. The Labute approximate surface area is 169 Å². The average Bonchev–Trinajstić information content (AvgIpc) is 3.07. The van der Waals surface area contributed by atoms with Crippen LogP contribution in [0.4, 0.5) is 0 Å². The third-order valence-corrected chi connectivity index (χ3v) is 7.90. The van der Waals surface area contributed by atoms with Gasteiger partial charge in [-0.25, -0.2) is 8.42 Å². The van der Waals surface area contributed by atoms with Crippen LogP contribution in [-0.2, 0) is 29.4 Å². The highest BCUT2D eigenvalue weighted by molar-refractivity contribution is 7.89. The number of benzene rings is 1. The molecule has 2 aromatic rings. The molecule has 27 heavy (non-hydrogen) atoms. The van der Waals surface area contributed by atoms with Crippen molar-refractivity contribution in [2.45, 2.75) is 37.1 Å². The molecule has 0 radical (unpaired) electrons. The van der Waals surface area contributed by atoms with E-state index in [0.29, 0.717) is 37.7 Å². The highest BCUT2D eigenvalue weighted by Gasteiger charge is 2.30. The van der Waals surface area contributed by atoms with Crippen LogP contribution in [-0.4, -0.2) is 49.0 Å². The van der Waals surface area contributed by atoms with E-state index in [2.05, 4.69) is 10.1 Å². The molecule has 1 aliphatic carbocycles. The smallest absolute Gasteiger partial charge is 0.243 e. The van der Waals surface area contributed by atoms with Crippen molar-refractivity contribution in [3.63, 3.8) is 0 Å². The van der Waals surface area contributed by atoms with Crippen molar-refractivity contribution in [3.8, 4) is 0 Å². The molecule has 146 valence electrons. The van der Waals surface area contributed by atoms with E-state index in [4.69, 9.17) is 27.7 Å². The highest BCUT2D eigenvalue weighted by atomic mass is 35.5. The van der Waals surface area contributed by atoms with Crippen molar-refractivity contribution in [1.29, 1.82) is 0 Å². The number of piperazine rings is 1. The van der Waals surface area contributed by atoms with Crippen LogP contribution in [0, 0.1) is 0 Å². The molecule has 0 N–H and O–H groups in total. The lowest BCUT2D eigenvalue weighted by atomic mass is 9.96. The zero-order chi connectivity index (χ0) is 19.0. The predicted octanol–water partition coefficient (Wildman–Crippen LogP) is 3.37. The standard InChI is InChI=1S/C18H21Cl2N3O3S/c19-15-6-5-13(11-16(15)20)27(24,25)23-9-7-22(8-10-23)12-17-14-3-1-2-4-18(14)26-21-17/h5-6,11H,1-4,7-10,12H2. The first-order valence-electron chi connectivity index (χ1n) is 9.09. The third kappa shape index (κ3) is 3.89. The molecular weight excluding hydrogens is 409 g/mol. The van der Waals surface area contributed by atoms with Crippen LogP contribution in [0.25, 0.3) is 0 Å². The van der Waals surface area contributed by atoms with Crippen LogP contribution in [0.5, 0.6) is 0 Å². The summed E-state index contributed by atoms with van der Waals surface area (Å²) in [6.07, 6.45) is 4.33. The largest absolute Gasteiger partial charge is 0.361 e. The summed E-state index contributed by atoms with van der Waals surface area (Å²) in [5.74, 6) is 1.03. The summed E-state index contributed by atoms with van der Waals surface area (Å²) in [4.78, 5) is 2.41. The number of aryl methyl sites for hydroxylation is 1. The van der Waals surface area contributed by atoms with Crippen molar-refractivity contribution in [2.24, 2.45) is 0 Å². The van der Waals surface area contributed by atoms with Crippen molar-refractivity contribution in [3.05, 3.63) is 45.3 Å². The molecule has 0 unspecified atom stereocenters. The van der Waals surface area contributed by atoms with Crippen molar-refractivity contribution in [1.82, 2.24) is 14.4 Å². The van der Waals surface area contributed by atoms with Gasteiger partial charge in [-0.15, -0.1) is 0 Å². The Kier molecular flexibility index (Phi) is 5.49. The quantitative estimate of drug-likeness (QED) is 0.744. The summed E-state index contributed by atoms with van der Waals surface area (Å²) in [6.45, 7) is 2.88. The molecule has 0 spiro atoms. The molecule has 0 atom stereocenters. The first kappa shape index (κ1) is 19.2. The molecule has 1 saturated heterocycles. The highest BCUT2D eigenvalue weighted by Crippen LogP contribution is 2.28. The van der Waals surface area contributed by atoms with Crippen LogP contribution in [0.3, 0.4) is 0 Å². The van der Waals surface area contributed by atoms with Gasteiger partial charge in [-0.2, -0.15) is 4.31 Å². The summed E-state index contributed by atoms with van der Waals surface area (Å²) in [7, 11) is -3.57. The van der Waals surface area contributed by atoms with E-state index in [0.717, 1.165) is 30.7 Å². The topological polar surface area (TPSA) is 66.7 Å². The number of hydrogen-bond acceptors (Lipinski definition) is 5. The monoisotopic (exact) mass is 429 g/mol. The van der Waals surface area contributed by atoms with Gasteiger partial charge in [0.25, 0.3) is 0 Å². The van der Waals surface area contributed by atoms with Gasteiger partial charge < -0.3 is 4.52 Å². The minimum atomic E-state index is -3.57. The normalized spacial score (nSPS) is 19.2. The Morgan fingerprint density at radius 3 is 2.52 bits per heavy atom. The van der Waals surface area contributed by atoms with Crippen molar-refractivity contribution < 1.29 is 12.9 Å². The lowest BCUT2D eigenvalue weighted by Gasteiger charge is -2.33. The summed E-state index contributed by atoms with van der Waals surface area (Å²) in [6, 6.07) is 4.42. The summed E-state index contributed by atoms with van der Waals surface area (Å²) < 4.78 is 32.7. The molecule has 1 aromatic carbocycles. The molecule has 2 heterocycles. The van der Waals surface area contributed by atoms with Gasteiger partial charge in [0.2, 0.25) is 10.0 Å². The van der Waals surface area contributed by atoms with E-state index in [1.54, 1.807) is 0 Å². The molecule has 9 heteroatoms. The van der Waals surface area contributed by atoms with Crippen LogP contribution in [0.15, 0.2) is 27.6 Å². The molecule has 6 nitrogen and oxygen atoms in total. The summed E-state index contributed by atoms with van der Waals surface area (Å²) >= 11 is 11.9. The Hall–Kier alpha value is -1.12. The van der Waals surface area contributed by atoms with E-state index in [-0.39, 0.29) is 9.92 Å². The van der Waals surface area contributed by atoms with Gasteiger partial charge in [0.15, 0.2) is 0 Å². The minimum absolute atomic E-state index is 0.177. The van der Waals surface area contributed by atoms with Crippen molar-refractivity contribution in [2.75, 3.05) is 26.2 Å². The lowest BCUT2D eigenvalue weighted by molar-refractivity contribution is 0.177. The minimum Gasteiger partial charge on any atom is -0.361 e. The Bertz CT molecular complexity index is 937. The first-order valence-corrected chi connectivity index (χ1v) is 11.3. The zero-order valence-electron chi connectivity index (χ0n) is 14.8. The van der Waals surface area contributed by atoms with Gasteiger partial charge in [-0.1, -0.05) is 28.4 Å². The van der Waals surface area contributed by atoms with E-state index < -0.39 is 10.0 Å². The fourth-order valence-corrected chi connectivity index (χ4v) is 5.51. The first-order chi connectivity index (χ1) is 12.9. The van der Waals surface area contributed by atoms with E-state index in [9.17, 15) is 8.42 Å². The lowest BCUT2D eigenvalue weighted by Crippen LogP contribution is -2.48. The SMILES string of the molecule is O=S(=O)(c1ccc(Cl)c(Cl)c1)N1CCN(Cc2noc3c2CCCC3)CC1. The molecule has 0 bridgehead atoms. The number of sulfonamides is 1. The second kappa shape index (κ2) is 7.72. The maximum atomic E-state index is 12.8. The van der Waals surface area contributed by atoms with E-state index in [1.807, 2.05) is 0 Å². The number of aromatic nitrogens is 1. The van der Waals surface area contributed by atoms with Gasteiger partial charge in [-0.05, 0) is 37.5 Å². The fourth-order valence-electron chi connectivity index (χ4n) is 3.70. The van der Waals surface area contributed by atoms with Gasteiger partial charge >= 0.3 is 0 Å². The molecule has 0 saturated carbocycles. The second-order valence-electron chi connectivity index (χ2n) is 6.99. The molecule has 4 rings (SSSR count). The van der Waals surface area contributed by atoms with Gasteiger partial charge in [-0.3, -0.25) is 4.90 Å². The van der Waals surface area contributed by atoms with Crippen LogP contribution < -0.4 is 0 Å². The Morgan fingerprint density at radius 1 is 1.04 bits per heavy atom. The van der Waals surface area contributed by atoms with Gasteiger partial charge in [0.1, 0.15) is 11.5 Å². The molecule has 2 aliphatic rings. The molecular formula is C18H21Cl2N3O3S. The van der Waals surface area contributed by atoms with Crippen LogP contribution >= 0.6 is 23.2 Å². The fraction of sp³-hybridized carbons (Fsp3) is 0.500. The molecule has 1 fully saturated rings. The maximum absolute atomic E-state index is 12.8. The number of hydrogen-bond donors (Lipinski definition) is 0. The van der Waals surface area contributed by atoms with Crippen molar-refractivity contribution >= 4 is 33.2 Å². The summed E-state index contributed by atoms with van der Waals surface area (Å²) in [5, 5.41) is 4.84. The summed E-state index contributed by atoms with van der Waals surface area (Å²) in [5.41, 5.74) is 2.26. The maximum Gasteiger partial charge on any atom is 0.243 e. The molecule has 0 amide bonds. The van der Waals surface area contributed by atoms with E-state index >= 15 is 0 Å². The van der Waals surface area contributed by atoms with E-state index in [1.165, 1.54) is 34.5 Å². The van der Waals surface area contributed by atoms with Crippen LogP contribution in [0.2, 0.25) is 10.0 Å². The molecule has 1 aromatic heterocycles. The zero-order valence-corrected chi connectivity index (χ0v) is 17.2. The third-order valence-electron chi connectivity index (χ3n) is 5.27. The predicted molar refractivity (Wildman–Crippen MR) is 104 cm³/mol. The number of halogens is 2. The number of nitrogens with zero attached hydrogens (tertiary/aromatic N) is 3. The molecule has 1 aliphatic heterocycles. The van der Waals surface area contributed by atoms with Gasteiger partial charge in [0, 0.05) is 44.7 Å². The van der Waals surface area contributed by atoms with Gasteiger partial charge in [0.05, 0.1) is 14.9 Å². The second-order valence-corrected chi connectivity index (χ2v) is 9.75.